The van der Waals surface area contributed by atoms with E-state index < -0.39 is 0 Å². The minimum Gasteiger partial charge on any atom is -0.345 e. The number of rotatable bonds is 5. The lowest BCUT2D eigenvalue weighted by molar-refractivity contribution is 0.0940. The summed E-state index contributed by atoms with van der Waals surface area (Å²) < 4.78 is 15.1. The van der Waals surface area contributed by atoms with E-state index >= 15 is 0 Å². The molecule has 0 aliphatic carbocycles. The van der Waals surface area contributed by atoms with Gasteiger partial charge in [-0.15, -0.1) is 5.10 Å². The Morgan fingerprint density at radius 3 is 2.43 bits per heavy atom. The van der Waals surface area contributed by atoms with Crippen molar-refractivity contribution in [3.63, 3.8) is 0 Å². The maximum absolute atomic E-state index is 13.4. The van der Waals surface area contributed by atoms with E-state index in [1.165, 1.54) is 12.1 Å². The van der Waals surface area contributed by atoms with Crippen LogP contribution in [0.2, 0.25) is 0 Å². The summed E-state index contributed by atoms with van der Waals surface area (Å²) in [5.74, 6) is -0.164. The molecule has 30 heavy (non-hydrogen) atoms. The number of hydrogen-bond acceptors (Lipinski definition) is 3. The van der Waals surface area contributed by atoms with Gasteiger partial charge in [-0.05, 0) is 60.9 Å². The number of nitrogens with one attached hydrogen (secondary N) is 1. The third-order valence-electron chi connectivity index (χ3n) is 5.01. The van der Waals surface area contributed by atoms with Gasteiger partial charge >= 0.3 is 0 Å². The van der Waals surface area contributed by atoms with E-state index in [0.29, 0.717) is 17.9 Å². The Kier molecular flexibility index (Phi) is 5.39. The molecule has 0 saturated carbocycles. The number of carbonyl (C=O) groups is 1. The molecule has 0 aliphatic rings. The first-order valence-corrected chi connectivity index (χ1v) is 9.64. The Hall–Kier alpha value is -3.80. The van der Waals surface area contributed by atoms with E-state index in [1.807, 2.05) is 62.4 Å². The summed E-state index contributed by atoms with van der Waals surface area (Å²) in [6.07, 6.45) is 0. The van der Waals surface area contributed by atoms with Crippen LogP contribution in [0.4, 0.5) is 4.39 Å². The highest BCUT2D eigenvalue weighted by Gasteiger charge is 2.20. The average molecular weight is 400 g/mol. The van der Waals surface area contributed by atoms with Crippen molar-refractivity contribution in [1.29, 1.82) is 0 Å². The summed E-state index contributed by atoms with van der Waals surface area (Å²) in [6.45, 7) is 4.39. The van der Waals surface area contributed by atoms with Gasteiger partial charge in [0.15, 0.2) is 5.82 Å². The first kappa shape index (κ1) is 19.5. The fourth-order valence-electron chi connectivity index (χ4n) is 3.18. The van der Waals surface area contributed by atoms with Crippen LogP contribution in [0, 0.1) is 19.7 Å². The lowest BCUT2D eigenvalue weighted by Crippen LogP contribution is -2.24. The Balaban J connectivity index is 1.73. The molecular weight excluding hydrogens is 379 g/mol. The van der Waals surface area contributed by atoms with Crippen LogP contribution in [0.25, 0.3) is 17.1 Å². The molecule has 6 heteroatoms. The fraction of sp³-hybridized carbons (Fsp3) is 0.125. The van der Waals surface area contributed by atoms with Crippen molar-refractivity contribution >= 4 is 5.91 Å². The standard InChI is InChI=1S/C24H21FN4O/c1-16-7-6-10-21(17(16)2)29-23(19-11-13-20(25)14-12-19)27-22(28-29)24(30)26-15-18-8-4-3-5-9-18/h3-14H,15H2,1-2H3,(H,26,30). The first-order chi connectivity index (χ1) is 14.5. The van der Waals surface area contributed by atoms with Crippen molar-refractivity contribution in [3.8, 4) is 17.1 Å². The molecular formula is C24H21FN4O. The van der Waals surface area contributed by atoms with Gasteiger partial charge in [-0.1, -0.05) is 42.5 Å². The number of aryl methyl sites for hydroxylation is 1. The van der Waals surface area contributed by atoms with E-state index in [4.69, 9.17) is 0 Å². The van der Waals surface area contributed by atoms with Crippen LogP contribution in [0.3, 0.4) is 0 Å². The molecule has 0 aliphatic heterocycles. The summed E-state index contributed by atoms with van der Waals surface area (Å²) in [5, 5.41) is 7.35. The third kappa shape index (κ3) is 3.98. The van der Waals surface area contributed by atoms with E-state index in [2.05, 4.69) is 15.4 Å². The molecule has 0 spiro atoms. The Morgan fingerprint density at radius 2 is 1.70 bits per heavy atom. The number of nitrogens with zero attached hydrogens (tertiary/aromatic N) is 3. The molecule has 0 fully saturated rings. The van der Waals surface area contributed by atoms with Crippen LogP contribution in [-0.2, 0) is 6.54 Å². The molecule has 0 radical (unpaired) electrons. The molecule has 4 rings (SSSR count). The molecule has 0 atom stereocenters. The van der Waals surface area contributed by atoms with E-state index in [-0.39, 0.29) is 17.5 Å². The topological polar surface area (TPSA) is 59.8 Å². The molecule has 1 N–H and O–H groups in total. The number of benzene rings is 3. The molecule has 0 bridgehead atoms. The van der Waals surface area contributed by atoms with Crippen molar-refractivity contribution < 1.29 is 9.18 Å². The van der Waals surface area contributed by atoms with Gasteiger partial charge in [0, 0.05) is 12.1 Å². The zero-order chi connectivity index (χ0) is 21.1. The predicted octanol–water partition coefficient (Wildman–Crippen LogP) is 4.62. The summed E-state index contributed by atoms with van der Waals surface area (Å²) in [5.41, 5.74) is 4.61. The number of carbonyl (C=O) groups excluding carboxylic acids is 1. The number of hydrogen-bond donors (Lipinski definition) is 1. The normalized spacial score (nSPS) is 10.8. The van der Waals surface area contributed by atoms with Crippen molar-refractivity contribution in [3.05, 3.63) is 101 Å². The molecule has 0 saturated heterocycles. The van der Waals surface area contributed by atoms with Crippen LogP contribution >= 0.6 is 0 Å². The predicted molar refractivity (Wildman–Crippen MR) is 114 cm³/mol. The highest BCUT2D eigenvalue weighted by atomic mass is 19.1. The third-order valence-corrected chi connectivity index (χ3v) is 5.01. The molecule has 3 aromatic carbocycles. The fourth-order valence-corrected chi connectivity index (χ4v) is 3.18. The van der Waals surface area contributed by atoms with Crippen LogP contribution in [0.5, 0.6) is 0 Å². The largest absolute Gasteiger partial charge is 0.345 e. The van der Waals surface area contributed by atoms with Gasteiger partial charge in [0.05, 0.1) is 5.69 Å². The maximum Gasteiger partial charge on any atom is 0.291 e. The second-order valence-corrected chi connectivity index (χ2v) is 7.07. The highest BCUT2D eigenvalue weighted by Crippen LogP contribution is 2.25. The lowest BCUT2D eigenvalue weighted by Gasteiger charge is -2.11. The first-order valence-electron chi connectivity index (χ1n) is 9.64. The monoisotopic (exact) mass is 400 g/mol. The van der Waals surface area contributed by atoms with Crippen LogP contribution in [0.15, 0.2) is 72.8 Å². The van der Waals surface area contributed by atoms with Crippen molar-refractivity contribution in [2.24, 2.45) is 0 Å². The quantitative estimate of drug-likeness (QED) is 0.532. The highest BCUT2D eigenvalue weighted by molar-refractivity contribution is 5.91. The van der Waals surface area contributed by atoms with Crippen LogP contribution in [-0.4, -0.2) is 20.7 Å². The lowest BCUT2D eigenvalue weighted by atomic mass is 10.1. The second kappa shape index (κ2) is 8.29. The molecule has 0 unspecified atom stereocenters. The average Bonchev–Trinajstić information content (AvgIpc) is 3.20. The molecule has 1 amide bonds. The summed E-state index contributed by atoms with van der Waals surface area (Å²) in [6, 6.07) is 21.5. The molecule has 5 nitrogen and oxygen atoms in total. The Bertz CT molecular complexity index is 1180. The molecule has 150 valence electrons. The van der Waals surface area contributed by atoms with Gasteiger partial charge in [0.1, 0.15) is 5.82 Å². The summed E-state index contributed by atoms with van der Waals surface area (Å²) in [7, 11) is 0. The van der Waals surface area contributed by atoms with Gasteiger partial charge in [0.25, 0.3) is 5.91 Å². The number of aromatic nitrogens is 3. The zero-order valence-corrected chi connectivity index (χ0v) is 16.8. The van der Waals surface area contributed by atoms with Gasteiger partial charge in [-0.2, -0.15) is 0 Å². The van der Waals surface area contributed by atoms with Crippen LogP contribution < -0.4 is 5.32 Å². The molecule has 1 aromatic heterocycles. The zero-order valence-electron chi connectivity index (χ0n) is 16.8. The molecule has 4 aromatic rings. The minimum absolute atomic E-state index is 0.0613. The van der Waals surface area contributed by atoms with Crippen molar-refractivity contribution in [2.45, 2.75) is 20.4 Å². The van der Waals surface area contributed by atoms with Crippen LogP contribution in [0.1, 0.15) is 27.3 Å². The molecule has 1 heterocycles. The van der Waals surface area contributed by atoms with E-state index in [0.717, 1.165) is 22.4 Å². The Labute approximate surface area is 174 Å². The van der Waals surface area contributed by atoms with E-state index in [9.17, 15) is 9.18 Å². The minimum atomic E-state index is -0.369. The SMILES string of the molecule is Cc1cccc(-n2nc(C(=O)NCc3ccccc3)nc2-c2ccc(F)cc2)c1C. The van der Waals surface area contributed by atoms with Gasteiger partial charge < -0.3 is 5.32 Å². The second-order valence-electron chi connectivity index (χ2n) is 7.07. The van der Waals surface area contributed by atoms with E-state index in [1.54, 1.807) is 16.8 Å². The van der Waals surface area contributed by atoms with Crippen molar-refractivity contribution in [2.75, 3.05) is 0 Å². The van der Waals surface area contributed by atoms with Gasteiger partial charge in [-0.25, -0.2) is 14.1 Å². The number of halogens is 1. The Morgan fingerprint density at radius 1 is 0.967 bits per heavy atom. The summed E-state index contributed by atoms with van der Waals surface area (Å²) >= 11 is 0. The smallest absolute Gasteiger partial charge is 0.291 e. The van der Waals surface area contributed by atoms with Crippen molar-refractivity contribution in [1.82, 2.24) is 20.1 Å². The summed E-state index contributed by atoms with van der Waals surface area (Å²) in [4.78, 5) is 17.2. The number of amides is 1. The van der Waals surface area contributed by atoms with Gasteiger partial charge in [-0.3, -0.25) is 4.79 Å². The maximum atomic E-state index is 13.4. The van der Waals surface area contributed by atoms with Gasteiger partial charge in [0.2, 0.25) is 5.82 Å².